The number of ether oxygens (including phenoxy) is 1. The number of halogens is 3. The number of benzene rings is 3. The molecular formula is C33H33F3N10O3. The maximum Gasteiger partial charge on any atom is 0.471 e. The van der Waals surface area contributed by atoms with Gasteiger partial charge in [-0.3, -0.25) is 9.59 Å². The number of carbonyl (C=O) groups is 2. The molecule has 0 aliphatic rings. The van der Waals surface area contributed by atoms with Crippen LogP contribution in [0.4, 0.5) is 36.2 Å². The van der Waals surface area contributed by atoms with Gasteiger partial charge in [0.05, 0.1) is 23.7 Å². The normalized spacial score (nSPS) is 12.3. The van der Waals surface area contributed by atoms with Crippen molar-refractivity contribution in [1.29, 1.82) is 0 Å². The Balaban J connectivity index is 1.16. The third kappa shape index (κ3) is 8.92. The second-order valence-electron chi connectivity index (χ2n) is 11.2. The highest BCUT2D eigenvalue weighted by Gasteiger charge is 2.38. The lowest BCUT2D eigenvalue weighted by Crippen LogP contribution is -2.36. The van der Waals surface area contributed by atoms with E-state index in [-0.39, 0.29) is 37.2 Å². The van der Waals surface area contributed by atoms with Crippen molar-refractivity contribution < 1.29 is 27.5 Å². The number of nitrogens with zero attached hydrogens (tertiary/aromatic N) is 7. The standard InChI is InChI=1S/C33H33F3N10O3/c1-45(2)25-13-11-24(12-14-25)44-43-23-9-7-22(8-10-23)28(47)26(37)15-16-46-19-40-27-29(46)41-32(38)42-30(27)49-18-21-5-3-20(4-6-21)17-39-31(48)33(34,35)36/h3-14,19,26H,15-18,37H2,1-2H3,(H,39,48)(H2,38,41,42). The van der Waals surface area contributed by atoms with Gasteiger partial charge in [0.1, 0.15) is 6.61 Å². The molecule has 3 aromatic carbocycles. The number of anilines is 2. The average molecular weight is 675 g/mol. The van der Waals surface area contributed by atoms with Crippen LogP contribution < -0.4 is 26.4 Å². The Morgan fingerprint density at radius 3 is 2.16 bits per heavy atom. The summed E-state index contributed by atoms with van der Waals surface area (Å²) in [5.74, 6) is -2.17. The molecule has 5 rings (SSSR count). The minimum atomic E-state index is -4.95. The summed E-state index contributed by atoms with van der Waals surface area (Å²) in [5.41, 5.74) is 16.9. The van der Waals surface area contributed by atoms with Crippen LogP contribution in [-0.4, -0.2) is 57.5 Å². The molecular weight excluding hydrogens is 641 g/mol. The number of Topliss-reactive ketones (excluding diaryl/α,β-unsaturated/α-hetero) is 1. The van der Waals surface area contributed by atoms with E-state index in [1.54, 1.807) is 53.1 Å². The second kappa shape index (κ2) is 14.9. The van der Waals surface area contributed by atoms with Crippen LogP contribution in [0, 0.1) is 0 Å². The van der Waals surface area contributed by atoms with Crippen LogP contribution in [0.3, 0.4) is 0 Å². The van der Waals surface area contributed by atoms with Gasteiger partial charge in [0.25, 0.3) is 0 Å². The monoisotopic (exact) mass is 674 g/mol. The van der Waals surface area contributed by atoms with Crippen molar-refractivity contribution in [2.24, 2.45) is 16.0 Å². The Labute approximate surface area is 278 Å². The summed E-state index contributed by atoms with van der Waals surface area (Å²) in [5, 5.41) is 10.3. The van der Waals surface area contributed by atoms with Crippen molar-refractivity contribution in [3.05, 3.63) is 95.8 Å². The van der Waals surface area contributed by atoms with Gasteiger partial charge in [0, 0.05) is 38.4 Å². The number of carbonyl (C=O) groups excluding carboxylic acids is 2. The average Bonchev–Trinajstić information content (AvgIpc) is 3.50. The lowest BCUT2D eigenvalue weighted by molar-refractivity contribution is -0.173. The summed E-state index contributed by atoms with van der Waals surface area (Å²) >= 11 is 0. The van der Waals surface area contributed by atoms with Crippen molar-refractivity contribution in [3.8, 4) is 5.88 Å². The van der Waals surface area contributed by atoms with E-state index < -0.39 is 18.1 Å². The number of nitrogens with one attached hydrogen (secondary N) is 1. The van der Waals surface area contributed by atoms with Crippen molar-refractivity contribution in [2.45, 2.75) is 38.3 Å². The number of fused-ring (bicyclic) bond motifs is 1. The molecule has 16 heteroatoms. The first kappa shape index (κ1) is 34.4. The first-order valence-electron chi connectivity index (χ1n) is 15.0. The lowest BCUT2D eigenvalue weighted by atomic mass is 10.0. The van der Waals surface area contributed by atoms with Crippen molar-refractivity contribution in [2.75, 3.05) is 24.7 Å². The molecule has 2 heterocycles. The van der Waals surface area contributed by atoms with Gasteiger partial charge < -0.3 is 31.0 Å². The number of hydrogen-bond acceptors (Lipinski definition) is 11. The van der Waals surface area contributed by atoms with E-state index in [2.05, 4.69) is 25.2 Å². The maximum absolute atomic E-state index is 13.1. The Kier molecular flexibility index (Phi) is 10.5. The highest BCUT2D eigenvalue weighted by atomic mass is 19.4. The molecule has 1 amide bonds. The molecule has 0 fully saturated rings. The highest BCUT2D eigenvalue weighted by Crippen LogP contribution is 2.25. The number of nitrogens with two attached hydrogens (primary N) is 2. The molecule has 49 heavy (non-hydrogen) atoms. The molecule has 0 spiro atoms. The molecule has 0 aliphatic heterocycles. The van der Waals surface area contributed by atoms with Crippen molar-refractivity contribution >= 4 is 45.9 Å². The van der Waals surface area contributed by atoms with Gasteiger partial charge in [-0.05, 0) is 66.1 Å². The van der Waals surface area contributed by atoms with Gasteiger partial charge in [-0.1, -0.05) is 24.3 Å². The van der Waals surface area contributed by atoms with E-state index in [1.165, 1.54) is 6.33 Å². The van der Waals surface area contributed by atoms with Crippen LogP contribution in [0.15, 0.2) is 89.4 Å². The number of ketones is 1. The Morgan fingerprint density at radius 1 is 0.939 bits per heavy atom. The molecule has 1 unspecified atom stereocenters. The summed E-state index contributed by atoms with van der Waals surface area (Å²) in [6, 6.07) is 20.0. The molecule has 2 aromatic heterocycles. The van der Waals surface area contributed by atoms with E-state index in [0.29, 0.717) is 45.8 Å². The summed E-state index contributed by atoms with van der Waals surface area (Å²) in [7, 11) is 3.92. The van der Waals surface area contributed by atoms with Gasteiger partial charge >= 0.3 is 12.1 Å². The van der Waals surface area contributed by atoms with Gasteiger partial charge in [0.2, 0.25) is 11.8 Å². The van der Waals surface area contributed by atoms with Crippen LogP contribution in [0.5, 0.6) is 5.88 Å². The molecule has 0 aliphatic carbocycles. The van der Waals surface area contributed by atoms with Crippen molar-refractivity contribution in [1.82, 2.24) is 24.8 Å². The van der Waals surface area contributed by atoms with Gasteiger partial charge in [-0.2, -0.15) is 33.4 Å². The number of aromatic nitrogens is 4. The summed E-state index contributed by atoms with van der Waals surface area (Å²) in [6.07, 6.45) is -3.14. The van der Waals surface area contributed by atoms with Gasteiger partial charge in [0.15, 0.2) is 16.9 Å². The Bertz CT molecular complexity index is 1940. The largest absolute Gasteiger partial charge is 0.471 e. The molecule has 0 radical (unpaired) electrons. The lowest BCUT2D eigenvalue weighted by Gasteiger charge is -2.12. The summed E-state index contributed by atoms with van der Waals surface area (Å²) in [4.78, 5) is 38.9. The van der Waals surface area contributed by atoms with Gasteiger partial charge in [-0.15, -0.1) is 0 Å². The number of alkyl halides is 3. The molecule has 5 N–H and O–H groups in total. The zero-order chi connectivity index (χ0) is 35.1. The minimum Gasteiger partial charge on any atom is -0.471 e. The van der Waals surface area contributed by atoms with Crippen molar-refractivity contribution in [3.63, 3.8) is 0 Å². The fourth-order valence-corrected chi connectivity index (χ4v) is 4.63. The molecule has 254 valence electrons. The van der Waals surface area contributed by atoms with E-state index in [9.17, 15) is 22.8 Å². The maximum atomic E-state index is 13.1. The van der Waals surface area contributed by atoms with E-state index in [1.807, 2.05) is 48.6 Å². The zero-order valence-corrected chi connectivity index (χ0v) is 26.6. The van der Waals surface area contributed by atoms with E-state index in [4.69, 9.17) is 16.2 Å². The fraction of sp³-hybridized carbons (Fsp3) is 0.242. The number of amides is 1. The molecule has 0 bridgehead atoms. The molecule has 5 aromatic rings. The van der Waals surface area contributed by atoms with E-state index >= 15 is 0 Å². The van der Waals surface area contributed by atoms with Crippen LogP contribution >= 0.6 is 0 Å². The van der Waals surface area contributed by atoms with Gasteiger partial charge in [-0.25, -0.2) is 4.98 Å². The minimum absolute atomic E-state index is 0.0526. The zero-order valence-electron chi connectivity index (χ0n) is 26.6. The highest BCUT2D eigenvalue weighted by molar-refractivity contribution is 6.00. The number of azo groups is 1. The topological polar surface area (TPSA) is 179 Å². The van der Waals surface area contributed by atoms with Crippen LogP contribution in [-0.2, 0) is 24.5 Å². The number of imidazole rings is 1. The predicted molar refractivity (Wildman–Crippen MR) is 177 cm³/mol. The summed E-state index contributed by atoms with van der Waals surface area (Å²) < 4.78 is 44.8. The number of aryl methyl sites for hydroxylation is 1. The quantitative estimate of drug-likeness (QED) is 0.111. The molecule has 1 atom stereocenters. The predicted octanol–water partition coefficient (Wildman–Crippen LogP) is 5.25. The first-order chi connectivity index (χ1) is 23.4. The van der Waals surface area contributed by atoms with Crippen LogP contribution in [0.1, 0.15) is 27.9 Å². The second-order valence-corrected chi connectivity index (χ2v) is 11.2. The molecule has 0 saturated carbocycles. The third-order valence-corrected chi connectivity index (χ3v) is 7.37. The van der Waals surface area contributed by atoms with Crippen LogP contribution in [0.25, 0.3) is 11.2 Å². The third-order valence-electron chi connectivity index (χ3n) is 7.37. The number of hydrogen-bond donors (Lipinski definition) is 3. The molecule has 13 nitrogen and oxygen atoms in total. The summed E-state index contributed by atoms with van der Waals surface area (Å²) in [6.45, 7) is 0.0868. The Hall–Kier alpha value is -5.90. The fourth-order valence-electron chi connectivity index (χ4n) is 4.63. The number of rotatable bonds is 13. The number of nitrogen functional groups attached to an aromatic ring is 1. The first-order valence-corrected chi connectivity index (χ1v) is 15.0. The smallest absolute Gasteiger partial charge is 0.471 e. The Morgan fingerprint density at radius 2 is 1.55 bits per heavy atom. The van der Waals surface area contributed by atoms with Crippen LogP contribution in [0.2, 0.25) is 0 Å². The molecule has 0 saturated heterocycles. The van der Waals surface area contributed by atoms with E-state index in [0.717, 1.165) is 5.69 Å². The SMILES string of the molecule is CN(C)c1ccc(N=Nc2ccc(C(=O)C(N)CCn3cnc4c(OCc5ccc(CNC(=O)C(F)(F)F)cc5)nc(N)nc43)cc2)cc1.